The van der Waals surface area contributed by atoms with E-state index in [4.69, 9.17) is 9.72 Å². The van der Waals surface area contributed by atoms with Crippen molar-refractivity contribution in [1.29, 1.82) is 0 Å². The van der Waals surface area contributed by atoms with E-state index in [1.807, 2.05) is 30.3 Å². The summed E-state index contributed by atoms with van der Waals surface area (Å²) in [6.45, 7) is 4.34. The molecule has 10 rings (SSSR count). The summed E-state index contributed by atoms with van der Waals surface area (Å²) in [6, 6.07) is 56.6. The van der Waals surface area contributed by atoms with E-state index in [1.54, 1.807) is 0 Å². The van der Waals surface area contributed by atoms with E-state index >= 15 is 0 Å². The topological polar surface area (TPSA) is 40.8 Å². The van der Waals surface area contributed by atoms with Gasteiger partial charge in [-0.2, -0.15) is 0 Å². The maximum absolute atomic E-state index is 6.68. The van der Waals surface area contributed by atoms with Crippen LogP contribution in [0.3, 0.4) is 0 Å². The summed E-state index contributed by atoms with van der Waals surface area (Å²) in [7, 11) is 0. The summed E-state index contributed by atoms with van der Waals surface area (Å²) in [6.07, 6.45) is 3.58. The van der Waals surface area contributed by atoms with Crippen LogP contribution in [0.2, 0.25) is 0 Å². The smallest absolute Gasteiger partial charge is 0.269 e. The van der Waals surface area contributed by atoms with Gasteiger partial charge in [-0.15, -0.1) is 0 Å². The molecule has 3 heterocycles. The Hall–Kier alpha value is -6.92. The summed E-state index contributed by atoms with van der Waals surface area (Å²) in [5, 5.41) is 2.29. The molecule has 0 saturated carbocycles. The Morgan fingerprint density at radius 1 is 0.538 bits per heavy atom. The van der Waals surface area contributed by atoms with Crippen LogP contribution in [0.1, 0.15) is 11.1 Å². The highest BCUT2D eigenvalue weighted by atomic mass is 16.5. The zero-order chi connectivity index (χ0) is 34.8. The van der Waals surface area contributed by atoms with Crippen molar-refractivity contribution in [2.24, 2.45) is 0 Å². The largest absolute Gasteiger partial charge is 0.458 e. The highest BCUT2D eigenvalue weighted by Gasteiger charge is 2.22. The zero-order valence-electron chi connectivity index (χ0n) is 28.7. The van der Waals surface area contributed by atoms with E-state index in [1.165, 1.54) is 11.1 Å². The second-order valence-electron chi connectivity index (χ2n) is 13.2. The molecule has 0 spiro atoms. The van der Waals surface area contributed by atoms with Crippen LogP contribution in [-0.2, 0) is 0 Å². The van der Waals surface area contributed by atoms with Gasteiger partial charge in [0.15, 0.2) is 0 Å². The van der Waals surface area contributed by atoms with Crippen LogP contribution >= 0.6 is 0 Å². The molecule has 0 fully saturated rings. The number of hydrogen-bond donors (Lipinski definition) is 0. The van der Waals surface area contributed by atoms with Crippen molar-refractivity contribution in [1.82, 2.24) is 18.7 Å². The molecule has 3 aromatic heterocycles. The number of para-hydroxylation sites is 7. The molecule has 0 unspecified atom stereocenters. The lowest BCUT2D eigenvalue weighted by molar-refractivity contribution is -0.572. The average Bonchev–Trinajstić information content (AvgIpc) is 3.85. The minimum Gasteiger partial charge on any atom is -0.458 e. The van der Waals surface area contributed by atoms with Gasteiger partial charge in [0.1, 0.15) is 11.5 Å². The summed E-state index contributed by atoms with van der Waals surface area (Å²) in [5.41, 5.74) is 11.8. The number of fused-ring (bicyclic) bond motifs is 5. The molecule has 0 bridgehead atoms. The van der Waals surface area contributed by atoms with Crippen molar-refractivity contribution >= 4 is 43.9 Å². The van der Waals surface area contributed by atoms with E-state index in [0.717, 1.165) is 78.4 Å². The van der Waals surface area contributed by atoms with Crippen LogP contribution in [0.15, 0.2) is 164 Å². The predicted octanol–water partition coefficient (Wildman–Crippen LogP) is 10.6. The van der Waals surface area contributed by atoms with E-state index in [2.05, 4.69) is 172 Å². The van der Waals surface area contributed by atoms with Gasteiger partial charge in [0.05, 0.1) is 50.2 Å². The number of hydrogen-bond acceptors (Lipinski definition) is 2. The van der Waals surface area contributed by atoms with Crippen LogP contribution in [0.4, 0.5) is 0 Å². The molecule has 248 valence electrons. The summed E-state index contributed by atoms with van der Waals surface area (Å²) in [4.78, 5) is 5.30. The summed E-state index contributed by atoms with van der Waals surface area (Å²) >= 11 is 0. The Morgan fingerprint density at radius 2 is 1.21 bits per heavy atom. The van der Waals surface area contributed by atoms with Gasteiger partial charge in [0, 0.05) is 16.8 Å². The molecule has 10 aromatic rings. The van der Waals surface area contributed by atoms with Crippen molar-refractivity contribution in [3.05, 3.63) is 181 Å². The number of ether oxygens (including phenoxy) is 1. The molecule has 7 aromatic carbocycles. The fraction of sp³-hybridized carbons (Fsp3) is 0.0435. The zero-order valence-corrected chi connectivity index (χ0v) is 28.7. The van der Waals surface area contributed by atoms with Crippen LogP contribution in [0, 0.1) is 20.2 Å². The summed E-state index contributed by atoms with van der Waals surface area (Å²) < 4.78 is 15.5. The number of benzene rings is 7. The fourth-order valence-corrected chi connectivity index (χ4v) is 7.61. The van der Waals surface area contributed by atoms with Gasteiger partial charge in [-0.1, -0.05) is 97.1 Å². The molecular weight excluding hydrogens is 639 g/mol. The lowest BCUT2D eigenvalue weighted by Crippen LogP contribution is -2.29. The highest BCUT2D eigenvalue weighted by molar-refractivity contribution is 6.09. The Balaban J connectivity index is 1.12. The SMILES string of the molecule is Cc1cccc(C)c1-n1c(-n2c3ccccc3c3ccc(Oc4cccc(-n5[c-][n+](-c6ccccc6)c6ccccc65)c4)cc32)nc2ccccc21. The van der Waals surface area contributed by atoms with Crippen molar-refractivity contribution in [2.45, 2.75) is 13.8 Å². The lowest BCUT2D eigenvalue weighted by atomic mass is 10.1. The van der Waals surface area contributed by atoms with Gasteiger partial charge in [0.25, 0.3) is 6.33 Å². The first-order chi connectivity index (χ1) is 25.6. The van der Waals surface area contributed by atoms with E-state index < -0.39 is 0 Å². The Bertz CT molecular complexity index is 2950. The molecule has 6 nitrogen and oxygen atoms in total. The number of rotatable bonds is 6. The van der Waals surface area contributed by atoms with E-state index in [9.17, 15) is 0 Å². The number of nitrogens with zero attached hydrogens (tertiary/aromatic N) is 5. The Morgan fingerprint density at radius 3 is 2.06 bits per heavy atom. The lowest BCUT2D eigenvalue weighted by Gasteiger charge is -2.17. The van der Waals surface area contributed by atoms with Crippen molar-refractivity contribution in [3.8, 4) is 34.5 Å². The van der Waals surface area contributed by atoms with Gasteiger partial charge in [0.2, 0.25) is 5.95 Å². The molecule has 6 heteroatoms. The van der Waals surface area contributed by atoms with E-state index in [0.29, 0.717) is 0 Å². The third-order valence-electron chi connectivity index (χ3n) is 9.94. The third kappa shape index (κ3) is 4.72. The molecule has 0 aliphatic carbocycles. The van der Waals surface area contributed by atoms with Crippen LogP contribution in [0.5, 0.6) is 11.5 Å². The first kappa shape index (κ1) is 29.9. The third-order valence-corrected chi connectivity index (χ3v) is 9.94. The van der Waals surface area contributed by atoms with Gasteiger partial charge < -0.3 is 4.74 Å². The minimum absolute atomic E-state index is 0.736. The Labute approximate surface area is 300 Å². The summed E-state index contributed by atoms with van der Waals surface area (Å²) in [5.74, 6) is 2.31. The molecule has 0 radical (unpaired) electrons. The molecule has 0 N–H and O–H groups in total. The van der Waals surface area contributed by atoms with Crippen LogP contribution in [0.25, 0.3) is 66.9 Å². The van der Waals surface area contributed by atoms with Crippen molar-refractivity contribution in [3.63, 3.8) is 0 Å². The molecule has 52 heavy (non-hydrogen) atoms. The van der Waals surface area contributed by atoms with Crippen molar-refractivity contribution < 1.29 is 9.30 Å². The predicted molar refractivity (Wildman–Crippen MR) is 209 cm³/mol. The molecular formula is C46H33N5O. The maximum Gasteiger partial charge on any atom is 0.269 e. The van der Waals surface area contributed by atoms with Gasteiger partial charge in [-0.3, -0.25) is 18.3 Å². The molecule has 0 aliphatic rings. The van der Waals surface area contributed by atoms with Gasteiger partial charge in [-0.25, -0.2) is 4.98 Å². The van der Waals surface area contributed by atoms with E-state index in [-0.39, 0.29) is 0 Å². The maximum atomic E-state index is 6.68. The van der Waals surface area contributed by atoms with Crippen LogP contribution < -0.4 is 9.30 Å². The monoisotopic (exact) mass is 671 g/mol. The standard InChI is InChI=1S/C46H33N5O/c1-31-14-12-15-32(2)45(31)51-41-23-9-7-21-39(41)47-46(51)50-40-22-8-6-20-37(40)38-27-26-36(29-44(38)50)52-35-19-13-18-34(28-35)49-30-48(33-16-4-3-5-17-33)42-24-10-11-25-43(42)49/h3-29H,1-2H3. The van der Waals surface area contributed by atoms with Crippen molar-refractivity contribution in [2.75, 3.05) is 0 Å². The molecule has 0 atom stereocenters. The second kappa shape index (κ2) is 11.9. The van der Waals surface area contributed by atoms with Crippen LogP contribution in [-0.4, -0.2) is 18.7 Å². The first-order valence-corrected chi connectivity index (χ1v) is 17.5. The highest BCUT2D eigenvalue weighted by Crippen LogP contribution is 2.38. The molecule has 0 aliphatic heterocycles. The first-order valence-electron chi connectivity index (χ1n) is 17.5. The molecule has 0 saturated heterocycles. The quantitative estimate of drug-likeness (QED) is 0.130. The van der Waals surface area contributed by atoms with Gasteiger partial charge >= 0.3 is 0 Å². The molecule has 0 amide bonds. The van der Waals surface area contributed by atoms with Gasteiger partial charge in [-0.05, 0) is 85.6 Å². The number of aromatic nitrogens is 5. The fourth-order valence-electron chi connectivity index (χ4n) is 7.61. The number of aryl methyl sites for hydroxylation is 2. The average molecular weight is 672 g/mol. The second-order valence-corrected chi connectivity index (χ2v) is 13.2. The number of imidazole rings is 2. The Kier molecular flexibility index (Phi) is 6.83. The minimum atomic E-state index is 0.736. The normalized spacial score (nSPS) is 11.7.